The van der Waals surface area contributed by atoms with Crippen LogP contribution in [0.25, 0.3) is 0 Å². The number of likely N-dealkylation sites (tertiary alicyclic amines) is 1. The van der Waals surface area contributed by atoms with Crippen molar-refractivity contribution < 1.29 is 4.92 Å². The quantitative estimate of drug-likeness (QED) is 0.657. The number of hydrogen-bond acceptors (Lipinski definition) is 5. The van der Waals surface area contributed by atoms with Crippen LogP contribution in [0.15, 0.2) is 18.2 Å². The largest absolute Gasteiger partial charge is 0.382 e. The highest BCUT2D eigenvalue weighted by Crippen LogP contribution is 2.29. The Balaban J connectivity index is 2.14. The molecule has 6 nitrogen and oxygen atoms in total. The summed E-state index contributed by atoms with van der Waals surface area (Å²) in [5.74, 6) is 0. The molecule has 0 aliphatic carbocycles. The molecule has 1 aliphatic rings. The fourth-order valence-electron chi connectivity index (χ4n) is 2.78. The zero-order valence-corrected chi connectivity index (χ0v) is 12.3. The molecule has 1 aromatic rings. The predicted molar refractivity (Wildman–Crippen MR) is 80.0 cm³/mol. The van der Waals surface area contributed by atoms with Crippen LogP contribution in [0.2, 0.25) is 0 Å². The Kier molecular flexibility index (Phi) is 4.57. The average Bonchev–Trinajstić information content (AvgIpc) is 2.87. The van der Waals surface area contributed by atoms with E-state index in [2.05, 4.69) is 29.2 Å². The number of nitrogens with one attached hydrogen (secondary N) is 1. The summed E-state index contributed by atoms with van der Waals surface area (Å²) in [4.78, 5) is 15.3. The van der Waals surface area contributed by atoms with E-state index in [0.29, 0.717) is 11.7 Å². The van der Waals surface area contributed by atoms with Crippen molar-refractivity contribution in [2.24, 2.45) is 0 Å². The van der Waals surface area contributed by atoms with Gasteiger partial charge in [0.05, 0.1) is 4.92 Å². The van der Waals surface area contributed by atoms with Gasteiger partial charge >= 0.3 is 0 Å². The lowest BCUT2D eigenvalue weighted by Gasteiger charge is -2.21. The Labute approximate surface area is 119 Å². The van der Waals surface area contributed by atoms with E-state index in [9.17, 15) is 10.1 Å². The molecule has 1 aromatic carbocycles. The Morgan fingerprint density at radius 2 is 2.25 bits per heavy atom. The maximum atomic E-state index is 11.1. The van der Waals surface area contributed by atoms with Crippen molar-refractivity contribution in [2.75, 3.05) is 39.5 Å². The van der Waals surface area contributed by atoms with Crippen LogP contribution in [-0.4, -0.2) is 55.0 Å². The summed E-state index contributed by atoms with van der Waals surface area (Å²) in [6.45, 7) is 2.80. The van der Waals surface area contributed by atoms with Gasteiger partial charge in [0.15, 0.2) is 0 Å². The Bertz CT molecular complexity index is 490. The molecular formula is C14H22N4O2. The van der Waals surface area contributed by atoms with Crippen molar-refractivity contribution >= 4 is 11.4 Å². The van der Waals surface area contributed by atoms with Gasteiger partial charge in [0.25, 0.3) is 5.69 Å². The van der Waals surface area contributed by atoms with Gasteiger partial charge in [-0.3, -0.25) is 15.0 Å². The van der Waals surface area contributed by atoms with E-state index in [-0.39, 0.29) is 10.6 Å². The molecule has 1 atom stereocenters. The van der Waals surface area contributed by atoms with Crippen LogP contribution in [-0.2, 0) is 6.54 Å². The number of likely N-dealkylation sites (N-methyl/N-ethyl adjacent to an activating group) is 1. The highest BCUT2D eigenvalue weighted by Gasteiger charge is 2.25. The van der Waals surface area contributed by atoms with E-state index in [1.807, 2.05) is 6.07 Å². The molecule has 0 radical (unpaired) electrons. The SMILES string of the molecule is CNc1c(CN2CCC(N(C)C)C2)cccc1[N+](=O)[O-]. The summed E-state index contributed by atoms with van der Waals surface area (Å²) < 4.78 is 0. The van der Waals surface area contributed by atoms with Gasteiger partial charge < -0.3 is 10.2 Å². The molecule has 1 unspecified atom stereocenters. The molecule has 110 valence electrons. The number of benzene rings is 1. The zero-order chi connectivity index (χ0) is 14.7. The van der Waals surface area contributed by atoms with E-state index in [1.165, 1.54) is 0 Å². The van der Waals surface area contributed by atoms with E-state index < -0.39 is 0 Å². The van der Waals surface area contributed by atoms with Gasteiger partial charge in [-0.1, -0.05) is 12.1 Å². The van der Waals surface area contributed by atoms with E-state index >= 15 is 0 Å². The molecule has 1 aliphatic heterocycles. The molecule has 0 saturated carbocycles. The van der Waals surface area contributed by atoms with Crippen molar-refractivity contribution in [2.45, 2.75) is 19.0 Å². The number of anilines is 1. The molecule has 6 heteroatoms. The molecule has 0 spiro atoms. The monoisotopic (exact) mass is 278 g/mol. The Morgan fingerprint density at radius 1 is 1.50 bits per heavy atom. The molecule has 0 bridgehead atoms. The van der Waals surface area contributed by atoms with Crippen LogP contribution in [0.5, 0.6) is 0 Å². The smallest absolute Gasteiger partial charge is 0.292 e. The molecule has 1 N–H and O–H groups in total. The number of nitro groups is 1. The third kappa shape index (κ3) is 3.08. The van der Waals surface area contributed by atoms with Gasteiger partial charge in [0.2, 0.25) is 0 Å². The molecule has 20 heavy (non-hydrogen) atoms. The molecule has 1 fully saturated rings. The number of hydrogen-bond donors (Lipinski definition) is 1. The number of nitro benzene ring substituents is 1. The first-order chi connectivity index (χ1) is 9.52. The van der Waals surface area contributed by atoms with Crippen molar-refractivity contribution in [3.63, 3.8) is 0 Å². The second kappa shape index (κ2) is 6.19. The molecule has 0 amide bonds. The first-order valence-corrected chi connectivity index (χ1v) is 6.85. The third-order valence-corrected chi connectivity index (χ3v) is 3.95. The van der Waals surface area contributed by atoms with E-state index in [4.69, 9.17) is 0 Å². The van der Waals surface area contributed by atoms with Crippen molar-refractivity contribution in [1.82, 2.24) is 9.80 Å². The maximum absolute atomic E-state index is 11.1. The Hall–Kier alpha value is -1.66. The Morgan fingerprint density at radius 3 is 2.80 bits per heavy atom. The molecule has 2 rings (SSSR count). The van der Waals surface area contributed by atoms with E-state index in [1.54, 1.807) is 19.2 Å². The topological polar surface area (TPSA) is 61.6 Å². The van der Waals surface area contributed by atoms with Crippen molar-refractivity contribution in [1.29, 1.82) is 0 Å². The highest BCUT2D eigenvalue weighted by molar-refractivity contribution is 5.66. The van der Waals surface area contributed by atoms with Crippen LogP contribution >= 0.6 is 0 Å². The second-order valence-corrected chi connectivity index (χ2v) is 5.46. The normalized spacial score (nSPS) is 19.5. The van der Waals surface area contributed by atoms with Gasteiger partial charge in [0, 0.05) is 38.8 Å². The number of nitrogens with zero attached hydrogens (tertiary/aromatic N) is 3. The lowest BCUT2D eigenvalue weighted by Crippen LogP contribution is -2.31. The molecule has 1 saturated heterocycles. The molecule has 0 aromatic heterocycles. The fraction of sp³-hybridized carbons (Fsp3) is 0.571. The summed E-state index contributed by atoms with van der Waals surface area (Å²) in [7, 11) is 5.93. The van der Waals surface area contributed by atoms with Gasteiger partial charge in [-0.2, -0.15) is 0 Å². The summed E-state index contributed by atoms with van der Waals surface area (Å²) in [5.41, 5.74) is 1.76. The third-order valence-electron chi connectivity index (χ3n) is 3.95. The number of rotatable bonds is 5. The van der Waals surface area contributed by atoms with Crippen LogP contribution in [0, 0.1) is 10.1 Å². The lowest BCUT2D eigenvalue weighted by molar-refractivity contribution is -0.384. The van der Waals surface area contributed by atoms with Crippen molar-refractivity contribution in [3.05, 3.63) is 33.9 Å². The first kappa shape index (κ1) is 14.7. The highest BCUT2D eigenvalue weighted by atomic mass is 16.6. The standard InChI is InChI=1S/C14H22N4O2/c1-15-14-11(5-4-6-13(14)18(19)20)9-17-8-7-12(10-17)16(2)3/h4-6,12,15H,7-10H2,1-3H3. The summed E-state index contributed by atoms with van der Waals surface area (Å²) in [5, 5.41) is 14.0. The molecule has 1 heterocycles. The average molecular weight is 278 g/mol. The fourth-order valence-corrected chi connectivity index (χ4v) is 2.78. The van der Waals surface area contributed by atoms with Gasteiger partial charge in [0.1, 0.15) is 5.69 Å². The number of para-hydroxylation sites is 1. The van der Waals surface area contributed by atoms with Gasteiger partial charge in [-0.15, -0.1) is 0 Å². The zero-order valence-electron chi connectivity index (χ0n) is 12.3. The summed E-state index contributed by atoms with van der Waals surface area (Å²) >= 11 is 0. The first-order valence-electron chi connectivity index (χ1n) is 6.85. The van der Waals surface area contributed by atoms with Crippen LogP contribution in [0.1, 0.15) is 12.0 Å². The molecular weight excluding hydrogens is 256 g/mol. The van der Waals surface area contributed by atoms with Crippen LogP contribution in [0.4, 0.5) is 11.4 Å². The summed E-state index contributed by atoms with van der Waals surface area (Å²) in [6.07, 6.45) is 1.15. The maximum Gasteiger partial charge on any atom is 0.292 e. The van der Waals surface area contributed by atoms with Crippen LogP contribution < -0.4 is 5.32 Å². The van der Waals surface area contributed by atoms with Gasteiger partial charge in [-0.25, -0.2) is 0 Å². The van der Waals surface area contributed by atoms with Crippen LogP contribution in [0.3, 0.4) is 0 Å². The van der Waals surface area contributed by atoms with Gasteiger partial charge in [-0.05, 0) is 26.1 Å². The summed E-state index contributed by atoms with van der Waals surface area (Å²) in [6, 6.07) is 5.84. The van der Waals surface area contributed by atoms with Crippen molar-refractivity contribution in [3.8, 4) is 0 Å². The minimum atomic E-state index is -0.331. The lowest BCUT2D eigenvalue weighted by atomic mass is 10.1. The minimum absolute atomic E-state index is 0.147. The second-order valence-electron chi connectivity index (χ2n) is 5.46. The predicted octanol–water partition coefficient (Wildman–Crippen LogP) is 1.77. The van der Waals surface area contributed by atoms with E-state index in [0.717, 1.165) is 31.6 Å². The minimum Gasteiger partial charge on any atom is -0.382 e.